The van der Waals surface area contributed by atoms with Crippen molar-refractivity contribution in [1.82, 2.24) is 0 Å². The summed E-state index contributed by atoms with van der Waals surface area (Å²) in [4.78, 5) is 0. The van der Waals surface area contributed by atoms with Gasteiger partial charge < -0.3 is 10.5 Å². The van der Waals surface area contributed by atoms with Gasteiger partial charge >= 0.3 is 0 Å². The lowest BCUT2D eigenvalue weighted by molar-refractivity contribution is 0.117. The highest BCUT2D eigenvalue weighted by Crippen LogP contribution is 2.32. The van der Waals surface area contributed by atoms with E-state index in [4.69, 9.17) is 10.5 Å². The molecular formula is C12H12F5NO. The highest BCUT2D eigenvalue weighted by atomic mass is 19.2. The lowest BCUT2D eigenvalue weighted by Gasteiger charge is -2.29. The summed E-state index contributed by atoms with van der Waals surface area (Å²) in [6.45, 7) is 0. The monoisotopic (exact) mass is 281 g/mol. The number of benzene rings is 1. The van der Waals surface area contributed by atoms with E-state index in [0.717, 1.165) is 12.8 Å². The number of hydrogen-bond acceptors (Lipinski definition) is 2. The summed E-state index contributed by atoms with van der Waals surface area (Å²) < 4.78 is 70.5. The molecule has 0 saturated heterocycles. The maximum atomic E-state index is 13.4. The second-order valence-electron chi connectivity index (χ2n) is 4.50. The number of rotatable bonds is 2. The summed E-state index contributed by atoms with van der Waals surface area (Å²) in [6, 6.07) is -0.483. The van der Waals surface area contributed by atoms with Crippen molar-refractivity contribution >= 4 is 0 Å². The molecule has 1 aromatic carbocycles. The molecule has 1 aliphatic rings. The zero-order valence-electron chi connectivity index (χ0n) is 9.86. The van der Waals surface area contributed by atoms with Crippen LogP contribution in [0.25, 0.3) is 0 Å². The average molecular weight is 281 g/mol. The average Bonchev–Trinajstić information content (AvgIpc) is 2.41. The Morgan fingerprint density at radius 2 is 1.26 bits per heavy atom. The lowest BCUT2D eigenvalue weighted by Crippen LogP contribution is -2.41. The third kappa shape index (κ3) is 2.51. The van der Waals surface area contributed by atoms with Gasteiger partial charge in [-0.15, -0.1) is 0 Å². The first-order valence-corrected chi connectivity index (χ1v) is 5.87. The smallest absolute Gasteiger partial charge is 0.207 e. The van der Waals surface area contributed by atoms with Crippen molar-refractivity contribution in [3.05, 3.63) is 29.1 Å². The van der Waals surface area contributed by atoms with Gasteiger partial charge in [0, 0.05) is 6.04 Å². The molecule has 2 rings (SSSR count). The van der Waals surface area contributed by atoms with Crippen molar-refractivity contribution in [1.29, 1.82) is 0 Å². The Morgan fingerprint density at radius 1 is 0.789 bits per heavy atom. The van der Waals surface area contributed by atoms with Gasteiger partial charge in [-0.05, 0) is 19.3 Å². The van der Waals surface area contributed by atoms with Crippen molar-refractivity contribution in [2.75, 3.05) is 0 Å². The predicted molar refractivity (Wildman–Crippen MR) is 57.1 cm³/mol. The molecule has 0 amide bonds. The molecule has 0 aliphatic heterocycles. The standard InChI is InChI=1S/C12H12F5NO/c13-7-8(14)10(16)12(11(17)9(7)15)19-6-4-2-1-3-5(6)18/h5-6H,1-4,18H2. The van der Waals surface area contributed by atoms with Gasteiger partial charge in [0.15, 0.2) is 5.75 Å². The van der Waals surface area contributed by atoms with Gasteiger partial charge in [-0.1, -0.05) is 6.42 Å². The van der Waals surface area contributed by atoms with Gasteiger partial charge in [-0.2, -0.15) is 8.78 Å². The van der Waals surface area contributed by atoms with Crippen LogP contribution in [0.15, 0.2) is 0 Å². The Kier molecular flexibility index (Phi) is 3.93. The van der Waals surface area contributed by atoms with Crippen LogP contribution in [0.3, 0.4) is 0 Å². The molecule has 2 N–H and O–H groups in total. The number of halogens is 5. The van der Waals surface area contributed by atoms with Crippen LogP contribution >= 0.6 is 0 Å². The van der Waals surface area contributed by atoms with Crippen LogP contribution in [0.5, 0.6) is 5.75 Å². The van der Waals surface area contributed by atoms with E-state index in [1.54, 1.807) is 0 Å². The summed E-state index contributed by atoms with van der Waals surface area (Å²) in [5, 5.41) is 0. The van der Waals surface area contributed by atoms with Gasteiger partial charge in [0.1, 0.15) is 6.10 Å². The maximum Gasteiger partial charge on any atom is 0.207 e. The topological polar surface area (TPSA) is 35.2 Å². The Labute approximate surface area is 106 Å². The van der Waals surface area contributed by atoms with Crippen molar-refractivity contribution in [2.45, 2.75) is 37.8 Å². The Hall–Kier alpha value is -1.37. The fraction of sp³-hybridized carbons (Fsp3) is 0.500. The molecule has 0 heterocycles. The first kappa shape index (κ1) is 14.0. The lowest BCUT2D eigenvalue weighted by atomic mass is 9.93. The molecule has 1 fully saturated rings. The first-order chi connectivity index (χ1) is 8.93. The molecule has 1 aromatic rings. The molecule has 0 spiro atoms. The van der Waals surface area contributed by atoms with Crippen LogP contribution in [0.4, 0.5) is 22.0 Å². The molecule has 1 aliphatic carbocycles. The van der Waals surface area contributed by atoms with E-state index < -0.39 is 47.0 Å². The molecule has 19 heavy (non-hydrogen) atoms. The normalized spacial score (nSPS) is 23.5. The minimum absolute atomic E-state index is 0.417. The van der Waals surface area contributed by atoms with Crippen LogP contribution in [0, 0.1) is 29.1 Å². The largest absolute Gasteiger partial charge is 0.483 e. The van der Waals surface area contributed by atoms with Crippen molar-refractivity contribution < 1.29 is 26.7 Å². The van der Waals surface area contributed by atoms with Crippen LogP contribution < -0.4 is 10.5 Å². The van der Waals surface area contributed by atoms with Crippen LogP contribution in [0.2, 0.25) is 0 Å². The van der Waals surface area contributed by atoms with Crippen LogP contribution in [-0.2, 0) is 0 Å². The molecular weight excluding hydrogens is 269 g/mol. The molecule has 0 aromatic heterocycles. The van der Waals surface area contributed by atoms with Crippen LogP contribution in [0.1, 0.15) is 25.7 Å². The van der Waals surface area contributed by atoms with E-state index in [9.17, 15) is 22.0 Å². The summed E-state index contributed by atoms with van der Waals surface area (Å²) >= 11 is 0. The third-order valence-corrected chi connectivity index (χ3v) is 3.19. The molecule has 0 bridgehead atoms. The molecule has 2 atom stereocenters. The molecule has 106 valence electrons. The summed E-state index contributed by atoms with van der Waals surface area (Å²) in [5.74, 6) is -11.4. The van der Waals surface area contributed by atoms with Crippen molar-refractivity contribution in [3.8, 4) is 5.75 Å². The van der Waals surface area contributed by atoms with Gasteiger partial charge in [0.2, 0.25) is 29.1 Å². The highest BCUT2D eigenvalue weighted by Gasteiger charge is 2.31. The SMILES string of the molecule is NC1CCCCC1Oc1c(F)c(F)c(F)c(F)c1F. The molecule has 0 radical (unpaired) electrons. The minimum Gasteiger partial charge on any atom is -0.483 e. The summed E-state index contributed by atoms with van der Waals surface area (Å²) in [5.41, 5.74) is 5.70. The zero-order chi connectivity index (χ0) is 14.2. The van der Waals surface area contributed by atoms with Gasteiger partial charge in [-0.25, -0.2) is 13.2 Å². The Balaban J connectivity index is 2.34. The van der Waals surface area contributed by atoms with E-state index >= 15 is 0 Å². The Bertz CT molecular complexity index is 464. The quantitative estimate of drug-likeness (QED) is 0.514. The zero-order valence-corrected chi connectivity index (χ0v) is 9.86. The summed E-state index contributed by atoms with van der Waals surface area (Å²) in [6.07, 6.45) is 1.83. The molecule has 2 nitrogen and oxygen atoms in total. The molecule has 1 saturated carbocycles. The number of nitrogens with two attached hydrogens (primary N) is 1. The molecule has 2 unspecified atom stereocenters. The first-order valence-electron chi connectivity index (χ1n) is 5.87. The maximum absolute atomic E-state index is 13.4. The van der Waals surface area contributed by atoms with Crippen LogP contribution in [-0.4, -0.2) is 12.1 Å². The van der Waals surface area contributed by atoms with E-state index in [1.807, 2.05) is 0 Å². The van der Waals surface area contributed by atoms with E-state index in [0.29, 0.717) is 12.8 Å². The highest BCUT2D eigenvalue weighted by molar-refractivity contribution is 5.30. The second kappa shape index (κ2) is 5.32. The van der Waals surface area contributed by atoms with E-state index in [-0.39, 0.29) is 0 Å². The van der Waals surface area contributed by atoms with Gasteiger partial charge in [0.25, 0.3) is 0 Å². The number of hydrogen-bond donors (Lipinski definition) is 1. The fourth-order valence-corrected chi connectivity index (χ4v) is 2.11. The summed E-state index contributed by atoms with van der Waals surface area (Å²) in [7, 11) is 0. The minimum atomic E-state index is -2.20. The third-order valence-electron chi connectivity index (χ3n) is 3.19. The van der Waals surface area contributed by atoms with E-state index in [1.165, 1.54) is 0 Å². The second-order valence-corrected chi connectivity index (χ2v) is 4.50. The van der Waals surface area contributed by atoms with Crippen molar-refractivity contribution in [2.24, 2.45) is 5.73 Å². The fourth-order valence-electron chi connectivity index (χ4n) is 2.11. The predicted octanol–water partition coefficient (Wildman–Crippen LogP) is 3.03. The Morgan fingerprint density at radius 3 is 1.79 bits per heavy atom. The van der Waals surface area contributed by atoms with Gasteiger partial charge in [-0.3, -0.25) is 0 Å². The molecule has 7 heteroatoms. The number of ether oxygens (including phenoxy) is 1. The van der Waals surface area contributed by atoms with Gasteiger partial charge in [0.05, 0.1) is 0 Å². The van der Waals surface area contributed by atoms with Crippen molar-refractivity contribution in [3.63, 3.8) is 0 Å². The van der Waals surface area contributed by atoms with E-state index in [2.05, 4.69) is 0 Å².